The molecule has 2 atom stereocenters. The minimum atomic E-state index is -4.37. The number of likely N-dealkylation sites (tertiary alicyclic amines) is 1. The Labute approximate surface area is 139 Å². The summed E-state index contributed by atoms with van der Waals surface area (Å²) in [5, 5.41) is 3.37. The Hall–Kier alpha value is -1.60. The minimum Gasteiger partial charge on any atom is -0.380 e. The van der Waals surface area contributed by atoms with E-state index in [1.807, 2.05) is 0 Å². The van der Waals surface area contributed by atoms with Gasteiger partial charge >= 0.3 is 6.18 Å². The van der Waals surface area contributed by atoms with Crippen molar-refractivity contribution in [1.29, 1.82) is 0 Å². The molecule has 1 aromatic rings. The average Bonchev–Trinajstić information content (AvgIpc) is 3.18. The standard InChI is InChI=1S/C17H21F3N2O2/c18-17(19,20)13-4-1-3-12(9-13)15(21-14-6-8-24-11-14)10-22-7-2-5-16(22)23/h1,3-4,9,14-15,21H,2,5-8,10-11H2. The van der Waals surface area contributed by atoms with Crippen LogP contribution in [0.1, 0.15) is 36.4 Å². The van der Waals surface area contributed by atoms with E-state index in [1.165, 1.54) is 12.1 Å². The Balaban J connectivity index is 1.81. The van der Waals surface area contributed by atoms with Gasteiger partial charge in [-0.3, -0.25) is 4.79 Å². The van der Waals surface area contributed by atoms with Crippen LogP contribution in [0.4, 0.5) is 13.2 Å². The lowest BCUT2D eigenvalue weighted by Gasteiger charge is -2.28. The fourth-order valence-corrected chi connectivity index (χ4v) is 3.25. The molecule has 1 N–H and O–H groups in total. The number of benzene rings is 1. The largest absolute Gasteiger partial charge is 0.416 e. The van der Waals surface area contributed by atoms with E-state index in [0.717, 1.165) is 18.9 Å². The lowest BCUT2D eigenvalue weighted by atomic mass is 10.0. The van der Waals surface area contributed by atoms with E-state index in [0.29, 0.717) is 38.3 Å². The molecule has 132 valence electrons. The molecule has 2 fully saturated rings. The van der Waals surface area contributed by atoms with Crippen molar-refractivity contribution >= 4 is 5.91 Å². The lowest BCUT2D eigenvalue weighted by Crippen LogP contribution is -2.40. The van der Waals surface area contributed by atoms with E-state index in [9.17, 15) is 18.0 Å². The fraction of sp³-hybridized carbons (Fsp3) is 0.588. The van der Waals surface area contributed by atoms with Gasteiger partial charge in [-0.25, -0.2) is 0 Å². The van der Waals surface area contributed by atoms with Crippen molar-refractivity contribution in [1.82, 2.24) is 10.2 Å². The summed E-state index contributed by atoms with van der Waals surface area (Å²) in [5.41, 5.74) is -0.112. The third-order valence-corrected chi connectivity index (χ3v) is 4.56. The Morgan fingerprint density at radius 2 is 2.21 bits per heavy atom. The molecule has 1 amide bonds. The Morgan fingerprint density at radius 1 is 1.38 bits per heavy atom. The molecule has 3 rings (SSSR count). The molecule has 2 saturated heterocycles. The Morgan fingerprint density at radius 3 is 2.83 bits per heavy atom. The van der Waals surface area contributed by atoms with Gasteiger partial charge in [0, 0.05) is 32.2 Å². The van der Waals surface area contributed by atoms with Crippen LogP contribution in [0, 0.1) is 0 Å². The first-order valence-corrected chi connectivity index (χ1v) is 8.22. The molecule has 0 saturated carbocycles. The molecule has 4 nitrogen and oxygen atoms in total. The summed E-state index contributed by atoms with van der Waals surface area (Å²) in [5.74, 6) is 0.0662. The smallest absolute Gasteiger partial charge is 0.380 e. The number of rotatable bonds is 5. The van der Waals surface area contributed by atoms with Crippen LogP contribution in [0.2, 0.25) is 0 Å². The fourth-order valence-electron chi connectivity index (χ4n) is 3.25. The van der Waals surface area contributed by atoms with Crippen LogP contribution in [-0.2, 0) is 15.7 Å². The van der Waals surface area contributed by atoms with Gasteiger partial charge in [0.25, 0.3) is 0 Å². The number of carbonyl (C=O) groups is 1. The summed E-state index contributed by atoms with van der Waals surface area (Å²) in [4.78, 5) is 13.6. The molecule has 7 heteroatoms. The molecule has 0 aliphatic carbocycles. The van der Waals surface area contributed by atoms with Crippen molar-refractivity contribution in [2.24, 2.45) is 0 Å². The molecule has 0 bridgehead atoms. The van der Waals surface area contributed by atoms with Crippen molar-refractivity contribution in [3.63, 3.8) is 0 Å². The zero-order valence-electron chi connectivity index (χ0n) is 13.3. The molecule has 0 aromatic heterocycles. The van der Waals surface area contributed by atoms with Gasteiger partial charge in [0.1, 0.15) is 0 Å². The topological polar surface area (TPSA) is 41.6 Å². The second-order valence-electron chi connectivity index (χ2n) is 6.35. The summed E-state index contributed by atoms with van der Waals surface area (Å²) >= 11 is 0. The Kier molecular flexibility index (Phi) is 5.10. The quantitative estimate of drug-likeness (QED) is 0.895. The van der Waals surface area contributed by atoms with Crippen LogP contribution in [0.15, 0.2) is 24.3 Å². The van der Waals surface area contributed by atoms with Gasteiger partial charge in [0.15, 0.2) is 0 Å². The zero-order chi connectivity index (χ0) is 17.2. The van der Waals surface area contributed by atoms with Gasteiger partial charge in [-0.2, -0.15) is 13.2 Å². The number of ether oxygens (including phenoxy) is 1. The van der Waals surface area contributed by atoms with Crippen molar-refractivity contribution in [2.45, 2.75) is 37.5 Å². The highest BCUT2D eigenvalue weighted by Gasteiger charge is 2.32. The second kappa shape index (κ2) is 7.11. The molecule has 2 aliphatic heterocycles. The first-order valence-electron chi connectivity index (χ1n) is 8.22. The normalized spacial score (nSPS) is 23.0. The Bertz CT molecular complexity index is 585. The number of nitrogens with one attached hydrogen (secondary N) is 1. The maximum atomic E-state index is 13.0. The number of amides is 1. The van der Waals surface area contributed by atoms with Gasteiger partial charge in [-0.1, -0.05) is 12.1 Å². The van der Waals surface area contributed by atoms with Gasteiger partial charge in [0.05, 0.1) is 18.2 Å². The van der Waals surface area contributed by atoms with E-state index < -0.39 is 11.7 Å². The van der Waals surface area contributed by atoms with Crippen LogP contribution in [0.25, 0.3) is 0 Å². The summed E-state index contributed by atoms with van der Waals surface area (Å²) in [6, 6.07) is 5.12. The molecular formula is C17H21F3N2O2. The number of carbonyl (C=O) groups excluding carboxylic acids is 1. The number of hydrogen-bond donors (Lipinski definition) is 1. The van der Waals surface area contributed by atoms with E-state index in [-0.39, 0.29) is 18.0 Å². The highest BCUT2D eigenvalue weighted by Crippen LogP contribution is 2.31. The predicted octanol–water partition coefficient (Wildman–Crippen LogP) is 2.75. The minimum absolute atomic E-state index is 0.0662. The summed E-state index contributed by atoms with van der Waals surface area (Å²) < 4.78 is 44.3. The maximum Gasteiger partial charge on any atom is 0.416 e. The third-order valence-electron chi connectivity index (χ3n) is 4.56. The number of hydrogen-bond acceptors (Lipinski definition) is 3. The van der Waals surface area contributed by atoms with E-state index in [2.05, 4.69) is 5.32 Å². The summed E-state index contributed by atoms with van der Waals surface area (Å²) in [6.45, 7) is 2.24. The number of halogens is 3. The molecule has 1 aromatic carbocycles. The van der Waals surface area contributed by atoms with Gasteiger partial charge in [-0.05, 0) is 30.5 Å². The monoisotopic (exact) mass is 342 g/mol. The van der Waals surface area contributed by atoms with Crippen molar-refractivity contribution in [3.05, 3.63) is 35.4 Å². The highest BCUT2D eigenvalue weighted by atomic mass is 19.4. The van der Waals surface area contributed by atoms with Crippen LogP contribution >= 0.6 is 0 Å². The van der Waals surface area contributed by atoms with E-state index >= 15 is 0 Å². The molecular weight excluding hydrogens is 321 g/mol. The van der Waals surface area contributed by atoms with Crippen LogP contribution in [0.5, 0.6) is 0 Å². The van der Waals surface area contributed by atoms with E-state index in [4.69, 9.17) is 4.74 Å². The van der Waals surface area contributed by atoms with Crippen LogP contribution in [0.3, 0.4) is 0 Å². The maximum absolute atomic E-state index is 13.0. The lowest BCUT2D eigenvalue weighted by molar-refractivity contribution is -0.137. The van der Waals surface area contributed by atoms with E-state index in [1.54, 1.807) is 11.0 Å². The molecule has 0 spiro atoms. The molecule has 2 unspecified atom stereocenters. The average molecular weight is 342 g/mol. The number of alkyl halides is 3. The SMILES string of the molecule is O=C1CCCN1CC(NC1CCOC1)c1cccc(C(F)(F)F)c1. The summed E-state index contributed by atoms with van der Waals surface area (Å²) in [7, 11) is 0. The first-order chi connectivity index (χ1) is 11.4. The molecule has 2 heterocycles. The number of nitrogens with zero attached hydrogens (tertiary/aromatic N) is 1. The van der Waals surface area contributed by atoms with Gasteiger partial charge < -0.3 is 15.0 Å². The molecule has 2 aliphatic rings. The van der Waals surface area contributed by atoms with Gasteiger partial charge in [0.2, 0.25) is 5.91 Å². The van der Waals surface area contributed by atoms with Crippen molar-refractivity contribution in [2.75, 3.05) is 26.3 Å². The summed E-state index contributed by atoms with van der Waals surface area (Å²) in [6.07, 6.45) is -2.23. The van der Waals surface area contributed by atoms with Crippen molar-refractivity contribution < 1.29 is 22.7 Å². The highest BCUT2D eigenvalue weighted by molar-refractivity contribution is 5.78. The molecule has 0 radical (unpaired) electrons. The molecule has 24 heavy (non-hydrogen) atoms. The second-order valence-corrected chi connectivity index (χ2v) is 6.35. The van der Waals surface area contributed by atoms with Crippen LogP contribution in [-0.4, -0.2) is 43.2 Å². The van der Waals surface area contributed by atoms with Crippen LogP contribution < -0.4 is 5.32 Å². The zero-order valence-corrected chi connectivity index (χ0v) is 13.3. The predicted molar refractivity (Wildman–Crippen MR) is 82.4 cm³/mol. The van der Waals surface area contributed by atoms with Crippen molar-refractivity contribution in [3.8, 4) is 0 Å². The first kappa shape index (κ1) is 17.2. The third kappa shape index (κ3) is 4.08. The van der Waals surface area contributed by atoms with Gasteiger partial charge in [-0.15, -0.1) is 0 Å².